The van der Waals surface area contributed by atoms with Crippen LogP contribution in [0.2, 0.25) is 0 Å². The van der Waals surface area contributed by atoms with Crippen LogP contribution in [0.25, 0.3) is 0 Å². The van der Waals surface area contributed by atoms with Crippen molar-refractivity contribution in [2.45, 2.75) is 34.1 Å². The van der Waals surface area contributed by atoms with Crippen LogP contribution in [-0.4, -0.2) is 29.7 Å². The normalized spacial score (nSPS) is 22.1. The van der Waals surface area contributed by atoms with Crippen molar-refractivity contribution in [2.24, 2.45) is 11.8 Å². The Hall–Kier alpha value is -1.76. The van der Waals surface area contributed by atoms with E-state index in [4.69, 9.17) is 4.74 Å². The van der Waals surface area contributed by atoms with E-state index in [2.05, 4.69) is 40.6 Å². The molecule has 1 aliphatic rings. The third kappa shape index (κ3) is 3.41. The summed E-state index contributed by atoms with van der Waals surface area (Å²) in [6, 6.07) is 0. The van der Waals surface area contributed by atoms with E-state index in [0.29, 0.717) is 24.3 Å². The Bertz CT molecular complexity index is 508. The average Bonchev–Trinajstić information content (AvgIpc) is 2.40. The van der Waals surface area contributed by atoms with E-state index in [1.54, 1.807) is 13.3 Å². The van der Waals surface area contributed by atoms with E-state index in [1.165, 1.54) is 6.42 Å². The molecule has 2 rings (SSSR count). The van der Waals surface area contributed by atoms with Crippen LogP contribution in [0.15, 0.2) is 6.33 Å². The van der Waals surface area contributed by atoms with Gasteiger partial charge in [0, 0.05) is 13.1 Å². The van der Waals surface area contributed by atoms with E-state index in [1.807, 2.05) is 6.92 Å². The minimum atomic E-state index is 0.376. The van der Waals surface area contributed by atoms with Gasteiger partial charge in [0.25, 0.3) is 0 Å². The number of nitrogens with zero attached hydrogens (tertiary/aromatic N) is 3. The maximum Gasteiger partial charge on any atom is 0.222 e. The molecule has 0 saturated carbocycles. The van der Waals surface area contributed by atoms with Crippen LogP contribution >= 0.6 is 0 Å². The van der Waals surface area contributed by atoms with Gasteiger partial charge >= 0.3 is 0 Å². The summed E-state index contributed by atoms with van der Waals surface area (Å²) in [5.74, 6) is 8.74. The second-order valence-corrected chi connectivity index (χ2v) is 5.69. The number of piperidine rings is 1. The Morgan fingerprint density at radius 1 is 1.30 bits per heavy atom. The molecule has 2 heterocycles. The van der Waals surface area contributed by atoms with Gasteiger partial charge in [0.15, 0.2) is 6.61 Å². The van der Waals surface area contributed by atoms with Gasteiger partial charge < -0.3 is 9.64 Å². The molecule has 1 aromatic rings. The molecule has 0 N–H and O–H groups in total. The lowest BCUT2D eigenvalue weighted by molar-refractivity contribution is 0.344. The monoisotopic (exact) mass is 273 g/mol. The van der Waals surface area contributed by atoms with E-state index >= 15 is 0 Å². The fraction of sp³-hybridized carbons (Fsp3) is 0.625. The summed E-state index contributed by atoms with van der Waals surface area (Å²) in [4.78, 5) is 11.0. The predicted octanol–water partition coefficient (Wildman–Crippen LogP) is 2.67. The highest BCUT2D eigenvalue weighted by atomic mass is 16.5. The summed E-state index contributed by atoms with van der Waals surface area (Å²) in [5.41, 5.74) is 1.01. The van der Waals surface area contributed by atoms with Gasteiger partial charge in [-0.25, -0.2) is 9.97 Å². The van der Waals surface area contributed by atoms with E-state index in [-0.39, 0.29) is 0 Å². The molecule has 0 amide bonds. The summed E-state index contributed by atoms with van der Waals surface area (Å²) >= 11 is 0. The maximum absolute atomic E-state index is 5.61. The molecule has 0 radical (unpaired) electrons. The number of ether oxygens (including phenoxy) is 1. The van der Waals surface area contributed by atoms with Gasteiger partial charge in [-0.05, 0) is 32.1 Å². The third-order valence-electron chi connectivity index (χ3n) is 3.64. The van der Waals surface area contributed by atoms with Crippen molar-refractivity contribution in [1.29, 1.82) is 0 Å². The molecule has 0 aliphatic carbocycles. The van der Waals surface area contributed by atoms with Gasteiger partial charge in [-0.3, -0.25) is 0 Å². The van der Waals surface area contributed by atoms with Crippen molar-refractivity contribution in [3.05, 3.63) is 11.9 Å². The zero-order valence-electron chi connectivity index (χ0n) is 12.8. The Labute approximate surface area is 121 Å². The van der Waals surface area contributed by atoms with Crippen LogP contribution in [0.3, 0.4) is 0 Å². The van der Waals surface area contributed by atoms with Crippen LogP contribution in [0.1, 0.15) is 32.8 Å². The number of hydrogen-bond acceptors (Lipinski definition) is 4. The molecular formula is C16H23N3O. The summed E-state index contributed by atoms with van der Waals surface area (Å²) in [5, 5.41) is 0. The Balaban J connectivity index is 2.18. The fourth-order valence-corrected chi connectivity index (χ4v) is 2.90. The first-order chi connectivity index (χ1) is 9.61. The smallest absolute Gasteiger partial charge is 0.222 e. The van der Waals surface area contributed by atoms with Crippen LogP contribution in [0, 0.1) is 30.6 Å². The molecule has 1 fully saturated rings. The van der Waals surface area contributed by atoms with Crippen LogP contribution < -0.4 is 9.64 Å². The van der Waals surface area contributed by atoms with E-state index < -0.39 is 0 Å². The molecule has 2 atom stereocenters. The Kier molecular flexibility index (Phi) is 4.84. The molecule has 4 heteroatoms. The topological polar surface area (TPSA) is 38.3 Å². The largest absolute Gasteiger partial charge is 0.464 e. The van der Waals surface area contributed by atoms with Gasteiger partial charge in [0.05, 0.1) is 5.56 Å². The average molecular weight is 273 g/mol. The highest BCUT2D eigenvalue weighted by molar-refractivity contribution is 5.50. The first kappa shape index (κ1) is 14.6. The molecule has 1 aromatic heterocycles. The van der Waals surface area contributed by atoms with Crippen molar-refractivity contribution < 1.29 is 4.74 Å². The van der Waals surface area contributed by atoms with Gasteiger partial charge in [-0.2, -0.15) is 0 Å². The second-order valence-electron chi connectivity index (χ2n) is 5.69. The first-order valence-electron chi connectivity index (χ1n) is 7.20. The zero-order chi connectivity index (χ0) is 14.5. The minimum absolute atomic E-state index is 0.376. The van der Waals surface area contributed by atoms with E-state index in [0.717, 1.165) is 24.5 Å². The highest BCUT2D eigenvalue weighted by Gasteiger charge is 2.24. The minimum Gasteiger partial charge on any atom is -0.464 e. The van der Waals surface area contributed by atoms with Crippen molar-refractivity contribution in [2.75, 3.05) is 24.6 Å². The highest BCUT2D eigenvalue weighted by Crippen LogP contribution is 2.29. The van der Waals surface area contributed by atoms with E-state index in [9.17, 15) is 0 Å². The summed E-state index contributed by atoms with van der Waals surface area (Å²) in [7, 11) is 0. The maximum atomic E-state index is 5.61. The number of anilines is 1. The summed E-state index contributed by atoms with van der Waals surface area (Å²) in [6.07, 6.45) is 2.87. The Morgan fingerprint density at radius 2 is 2.00 bits per heavy atom. The molecular weight excluding hydrogens is 250 g/mol. The van der Waals surface area contributed by atoms with Crippen LogP contribution in [0.5, 0.6) is 5.88 Å². The second kappa shape index (κ2) is 6.60. The van der Waals surface area contributed by atoms with Gasteiger partial charge in [-0.15, -0.1) is 5.92 Å². The molecule has 4 nitrogen and oxygen atoms in total. The van der Waals surface area contributed by atoms with Crippen LogP contribution in [-0.2, 0) is 0 Å². The van der Waals surface area contributed by atoms with Gasteiger partial charge in [0.1, 0.15) is 12.1 Å². The third-order valence-corrected chi connectivity index (χ3v) is 3.64. The molecule has 0 aromatic carbocycles. The molecule has 1 saturated heterocycles. The first-order valence-corrected chi connectivity index (χ1v) is 7.20. The molecule has 20 heavy (non-hydrogen) atoms. The van der Waals surface area contributed by atoms with Gasteiger partial charge in [-0.1, -0.05) is 19.8 Å². The lowest BCUT2D eigenvalue weighted by atomic mass is 9.92. The number of hydrogen-bond donors (Lipinski definition) is 0. The van der Waals surface area contributed by atoms with Crippen molar-refractivity contribution in [3.8, 4) is 17.7 Å². The standard InChI is InChI=1S/C16H23N3O/c1-5-6-7-20-16-14(4)15(17-11-18-16)19-9-12(2)8-13(3)10-19/h11-13H,7-10H2,1-4H3. The quantitative estimate of drug-likeness (QED) is 0.794. The summed E-state index contributed by atoms with van der Waals surface area (Å²) in [6.45, 7) is 10.9. The molecule has 108 valence electrons. The molecule has 0 spiro atoms. The number of aromatic nitrogens is 2. The fourth-order valence-electron chi connectivity index (χ4n) is 2.90. The molecule has 2 unspecified atom stereocenters. The lowest BCUT2D eigenvalue weighted by Gasteiger charge is -2.36. The van der Waals surface area contributed by atoms with Crippen molar-refractivity contribution in [3.63, 3.8) is 0 Å². The lowest BCUT2D eigenvalue weighted by Crippen LogP contribution is -2.39. The summed E-state index contributed by atoms with van der Waals surface area (Å²) < 4.78 is 5.61. The number of rotatable bonds is 3. The van der Waals surface area contributed by atoms with Crippen LogP contribution in [0.4, 0.5) is 5.82 Å². The zero-order valence-corrected chi connectivity index (χ0v) is 12.8. The van der Waals surface area contributed by atoms with Crippen molar-refractivity contribution in [1.82, 2.24) is 9.97 Å². The molecule has 0 bridgehead atoms. The van der Waals surface area contributed by atoms with Gasteiger partial charge in [0.2, 0.25) is 5.88 Å². The SMILES string of the molecule is CC#CCOc1ncnc(N2CC(C)CC(C)C2)c1C. The molecule has 1 aliphatic heterocycles. The van der Waals surface area contributed by atoms with Crippen molar-refractivity contribution >= 4 is 5.82 Å². The predicted molar refractivity (Wildman–Crippen MR) is 80.9 cm³/mol. The Morgan fingerprint density at radius 3 is 2.65 bits per heavy atom.